The summed E-state index contributed by atoms with van der Waals surface area (Å²) in [6, 6.07) is 5.64. The van der Waals surface area contributed by atoms with Crippen molar-refractivity contribution in [3.8, 4) is 0 Å². The van der Waals surface area contributed by atoms with Gasteiger partial charge in [-0.15, -0.1) is 0 Å². The van der Waals surface area contributed by atoms with Crippen molar-refractivity contribution in [2.45, 2.75) is 32.8 Å². The molecule has 8 heteroatoms. The van der Waals surface area contributed by atoms with E-state index in [0.717, 1.165) is 0 Å². The number of urea groups is 1. The number of esters is 1. The minimum Gasteiger partial charge on any atom is -0.453 e. The summed E-state index contributed by atoms with van der Waals surface area (Å²) < 4.78 is 4.89. The average Bonchev–Trinajstić information content (AvgIpc) is 2.53. The lowest BCUT2D eigenvalue weighted by Crippen LogP contribution is -2.44. The first kappa shape index (κ1) is 19.6. The van der Waals surface area contributed by atoms with Gasteiger partial charge in [0.25, 0.3) is 5.91 Å². The first-order valence-corrected chi connectivity index (χ1v) is 7.78. The maximum absolute atomic E-state index is 11.9. The number of Topliss-reactive ketones (excluding diaryl/α,β-unsaturated/α-hetero) is 1. The molecule has 0 unspecified atom stereocenters. The van der Waals surface area contributed by atoms with Crippen LogP contribution in [0.1, 0.15) is 37.0 Å². The van der Waals surface area contributed by atoms with Crippen molar-refractivity contribution >= 4 is 35.3 Å². The van der Waals surface area contributed by atoms with Gasteiger partial charge in [0.05, 0.1) is 6.42 Å². The number of nitrogens with one attached hydrogen (secondary N) is 2. The number of rotatable bonds is 7. The first-order valence-electron chi connectivity index (χ1n) is 7.40. The Morgan fingerprint density at radius 2 is 1.75 bits per heavy atom. The van der Waals surface area contributed by atoms with E-state index in [9.17, 15) is 19.2 Å². The van der Waals surface area contributed by atoms with E-state index in [1.165, 1.54) is 6.92 Å². The third-order valence-electron chi connectivity index (χ3n) is 2.97. The highest BCUT2D eigenvalue weighted by Gasteiger charge is 2.20. The monoisotopic (exact) mass is 354 g/mol. The molecule has 0 fully saturated rings. The quantitative estimate of drug-likeness (QED) is 0.576. The topological polar surface area (TPSA) is 102 Å². The van der Waals surface area contributed by atoms with E-state index in [4.69, 9.17) is 16.3 Å². The van der Waals surface area contributed by atoms with E-state index in [1.807, 2.05) is 5.32 Å². The summed E-state index contributed by atoms with van der Waals surface area (Å²) >= 11 is 5.73. The zero-order chi connectivity index (χ0) is 18.1. The molecule has 0 saturated carbocycles. The van der Waals surface area contributed by atoms with Crippen LogP contribution in [0.3, 0.4) is 0 Å². The van der Waals surface area contributed by atoms with Crippen LogP contribution in [0.15, 0.2) is 24.3 Å². The largest absolute Gasteiger partial charge is 0.453 e. The number of halogens is 1. The van der Waals surface area contributed by atoms with E-state index >= 15 is 0 Å². The molecule has 0 radical (unpaired) electrons. The maximum atomic E-state index is 11.9. The molecule has 1 rings (SSSR count). The van der Waals surface area contributed by atoms with Gasteiger partial charge in [0.1, 0.15) is 0 Å². The van der Waals surface area contributed by atoms with Crippen LogP contribution in [0.25, 0.3) is 0 Å². The Bertz CT molecular complexity index is 615. The number of ether oxygens (including phenoxy) is 1. The van der Waals surface area contributed by atoms with Crippen molar-refractivity contribution in [2.24, 2.45) is 0 Å². The minimum atomic E-state index is -1.13. The van der Waals surface area contributed by atoms with Gasteiger partial charge in [-0.3, -0.25) is 19.7 Å². The molecule has 3 amide bonds. The number of hydrogen-bond acceptors (Lipinski definition) is 5. The summed E-state index contributed by atoms with van der Waals surface area (Å²) in [5, 5.41) is 4.93. The highest BCUT2D eigenvalue weighted by atomic mass is 35.5. The number of ketones is 1. The molecule has 130 valence electrons. The molecular weight excluding hydrogens is 336 g/mol. The Kier molecular flexibility index (Phi) is 7.91. The van der Waals surface area contributed by atoms with Crippen molar-refractivity contribution < 1.29 is 23.9 Å². The highest BCUT2D eigenvalue weighted by Crippen LogP contribution is 2.12. The smallest absolute Gasteiger partial charge is 0.321 e. The van der Waals surface area contributed by atoms with Gasteiger partial charge >= 0.3 is 12.0 Å². The molecule has 0 aromatic heterocycles. The summed E-state index contributed by atoms with van der Waals surface area (Å²) in [6.07, 6.45) is -1.35. The molecule has 1 atom stereocenters. The summed E-state index contributed by atoms with van der Waals surface area (Å²) in [4.78, 5) is 46.4. The van der Waals surface area contributed by atoms with E-state index < -0.39 is 24.0 Å². The second kappa shape index (κ2) is 9.67. The molecule has 0 saturated heterocycles. The molecule has 0 bridgehead atoms. The van der Waals surface area contributed by atoms with E-state index in [2.05, 4.69) is 5.32 Å². The van der Waals surface area contributed by atoms with Crippen molar-refractivity contribution in [2.75, 3.05) is 6.54 Å². The number of imide groups is 1. The fraction of sp³-hybridized carbons (Fsp3) is 0.375. The standard InChI is InChI=1S/C16H19ClN2O5/c1-3-18-16(23)19-15(22)10(2)24-14(21)9-8-13(20)11-4-6-12(17)7-5-11/h4-7,10H,3,8-9H2,1-2H3,(H2,18,19,22,23)/t10-/m1/s1. The number of hydrogen-bond donors (Lipinski definition) is 2. The summed E-state index contributed by atoms with van der Waals surface area (Å²) in [5.41, 5.74) is 0.439. The lowest BCUT2D eigenvalue weighted by molar-refractivity contribution is -0.154. The fourth-order valence-electron chi connectivity index (χ4n) is 1.72. The normalized spacial score (nSPS) is 11.3. The molecule has 2 N–H and O–H groups in total. The summed E-state index contributed by atoms with van der Waals surface area (Å²) in [5.74, 6) is -1.67. The molecular formula is C16H19ClN2O5. The molecule has 0 aliphatic rings. The van der Waals surface area contributed by atoms with Crippen LogP contribution in [0.5, 0.6) is 0 Å². The van der Waals surface area contributed by atoms with Crippen molar-refractivity contribution in [3.05, 3.63) is 34.9 Å². The van der Waals surface area contributed by atoms with Gasteiger partial charge in [-0.25, -0.2) is 4.79 Å². The van der Waals surface area contributed by atoms with Crippen molar-refractivity contribution in [3.63, 3.8) is 0 Å². The lowest BCUT2D eigenvalue weighted by Gasteiger charge is -2.12. The predicted molar refractivity (Wildman–Crippen MR) is 87.8 cm³/mol. The zero-order valence-electron chi connectivity index (χ0n) is 13.4. The SMILES string of the molecule is CCNC(=O)NC(=O)[C@@H](C)OC(=O)CCC(=O)c1ccc(Cl)cc1. The predicted octanol–water partition coefficient (Wildman–Crippen LogP) is 2.08. The summed E-state index contributed by atoms with van der Waals surface area (Å²) in [6.45, 7) is 3.40. The Balaban J connectivity index is 2.39. The molecule has 0 aliphatic heterocycles. The van der Waals surface area contributed by atoms with Crippen LogP contribution >= 0.6 is 11.6 Å². The molecule has 1 aromatic carbocycles. The Morgan fingerprint density at radius 3 is 2.33 bits per heavy atom. The molecule has 24 heavy (non-hydrogen) atoms. The Labute approximate surface area is 144 Å². The van der Waals surface area contributed by atoms with E-state index in [0.29, 0.717) is 17.1 Å². The highest BCUT2D eigenvalue weighted by molar-refractivity contribution is 6.30. The maximum Gasteiger partial charge on any atom is 0.321 e. The Morgan fingerprint density at radius 1 is 1.12 bits per heavy atom. The van der Waals surface area contributed by atoms with Gasteiger partial charge in [0.2, 0.25) is 0 Å². The second-order valence-electron chi connectivity index (χ2n) is 4.91. The van der Waals surface area contributed by atoms with Gasteiger partial charge in [-0.1, -0.05) is 11.6 Å². The van der Waals surface area contributed by atoms with Crippen LogP contribution in [-0.2, 0) is 14.3 Å². The van der Waals surface area contributed by atoms with Gasteiger partial charge in [-0.2, -0.15) is 0 Å². The van der Waals surface area contributed by atoms with Crippen molar-refractivity contribution in [1.82, 2.24) is 10.6 Å². The molecule has 7 nitrogen and oxygen atoms in total. The number of benzene rings is 1. The first-order chi connectivity index (χ1) is 11.3. The minimum absolute atomic E-state index is 0.0505. The molecule has 1 aromatic rings. The molecule has 0 spiro atoms. The van der Waals surface area contributed by atoms with Crippen LogP contribution in [0.4, 0.5) is 4.79 Å². The van der Waals surface area contributed by atoms with Crippen LogP contribution in [0.2, 0.25) is 5.02 Å². The van der Waals surface area contributed by atoms with E-state index in [1.54, 1.807) is 31.2 Å². The zero-order valence-corrected chi connectivity index (χ0v) is 14.2. The van der Waals surface area contributed by atoms with Crippen LogP contribution in [0, 0.1) is 0 Å². The van der Waals surface area contributed by atoms with Gasteiger partial charge in [-0.05, 0) is 38.1 Å². The van der Waals surface area contributed by atoms with Crippen LogP contribution in [-0.4, -0.2) is 36.3 Å². The van der Waals surface area contributed by atoms with Gasteiger partial charge in [0, 0.05) is 23.6 Å². The molecule has 0 heterocycles. The van der Waals surface area contributed by atoms with Gasteiger partial charge in [0.15, 0.2) is 11.9 Å². The second-order valence-corrected chi connectivity index (χ2v) is 5.35. The third-order valence-corrected chi connectivity index (χ3v) is 3.23. The van der Waals surface area contributed by atoms with E-state index in [-0.39, 0.29) is 18.6 Å². The lowest BCUT2D eigenvalue weighted by atomic mass is 10.1. The fourth-order valence-corrected chi connectivity index (χ4v) is 1.85. The number of amides is 3. The van der Waals surface area contributed by atoms with Crippen molar-refractivity contribution in [1.29, 1.82) is 0 Å². The van der Waals surface area contributed by atoms with Gasteiger partial charge < -0.3 is 10.1 Å². The number of carbonyl (C=O) groups is 4. The Hall–Kier alpha value is -2.41. The number of carbonyl (C=O) groups excluding carboxylic acids is 4. The molecule has 0 aliphatic carbocycles. The average molecular weight is 355 g/mol. The third kappa shape index (κ3) is 6.78. The van der Waals surface area contributed by atoms with Crippen LogP contribution < -0.4 is 10.6 Å². The summed E-state index contributed by atoms with van der Waals surface area (Å²) in [7, 11) is 0.